The van der Waals surface area contributed by atoms with Crippen molar-refractivity contribution in [2.45, 2.75) is 45.6 Å². The molecule has 0 fully saturated rings. The van der Waals surface area contributed by atoms with Crippen molar-refractivity contribution in [3.63, 3.8) is 0 Å². The normalized spacial score (nSPS) is 10.7. The van der Waals surface area contributed by atoms with Gasteiger partial charge in [0.1, 0.15) is 0 Å². The summed E-state index contributed by atoms with van der Waals surface area (Å²) in [5.74, 6) is -0.235. The number of carbonyl (C=O) groups excluding carboxylic acids is 2. The topological polar surface area (TPSA) is 55.8 Å². The van der Waals surface area contributed by atoms with Gasteiger partial charge < -0.3 is 14.4 Å². The lowest BCUT2D eigenvalue weighted by Gasteiger charge is -2.22. The molecule has 0 saturated carbocycles. The number of benzene rings is 1. The molecule has 0 aliphatic rings. The number of carbonyl (C=O) groups is 2. The van der Waals surface area contributed by atoms with E-state index in [2.05, 4.69) is 4.74 Å². The van der Waals surface area contributed by atoms with E-state index in [1.165, 1.54) is 7.11 Å². The zero-order chi connectivity index (χ0) is 17.8. The highest BCUT2D eigenvalue weighted by Gasteiger charge is 2.15. The van der Waals surface area contributed by atoms with Crippen LogP contribution in [0.1, 0.15) is 38.7 Å². The molecule has 1 amide bonds. The number of methoxy groups -OCH3 is 1. The van der Waals surface area contributed by atoms with Crippen LogP contribution in [0.5, 0.6) is 0 Å². The van der Waals surface area contributed by atoms with Crippen molar-refractivity contribution in [2.75, 3.05) is 26.8 Å². The second-order valence-corrected chi connectivity index (χ2v) is 5.97. The molecule has 0 aliphatic carbocycles. The van der Waals surface area contributed by atoms with E-state index in [1.807, 2.05) is 44.2 Å². The van der Waals surface area contributed by atoms with Gasteiger partial charge in [0.25, 0.3) is 0 Å². The summed E-state index contributed by atoms with van der Waals surface area (Å²) in [7, 11) is 1.36. The molecule has 5 heteroatoms. The van der Waals surface area contributed by atoms with E-state index < -0.39 is 0 Å². The Balaban J connectivity index is 2.47. The molecule has 0 saturated heterocycles. The number of ether oxygens (including phenoxy) is 2. The molecule has 0 atom stereocenters. The van der Waals surface area contributed by atoms with Crippen molar-refractivity contribution in [3.8, 4) is 0 Å². The Hall–Kier alpha value is -1.88. The quantitative estimate of drug-likeness (QED) is 0.461. The van der Waals surface area contributed by atoms with Crippen LogP contribution >= 0.6 is 0 Å². The van der Waals surface area contributed by atoms with Crippen LogP contribution in [0, 0.1) is 0 Å². The van der Waals surface area contributed by atoms with Crippen molar-refractivity contribution in [1.29, 1.82) is 0 Å². The maximum atomic E-state index is 12.5. The molecule has 0 heterocycles. The number of hydrogen-bond donors (Lipinski definition) is 0. The molecular formula is C19H29NO4. The molecule has 0 spiro atoms. The van der Waals surface area contributed by atoms with Crippen LogP contribution in [-0.2, 0) is 25.5 Å². The lowest BCUT2D eigenvalue weighted by atomic mass is 10.1. The van der Waals surface area contributed by atoms with Gasteiger partial charge in [0, 0.05) is 26.1 Å². The summed E-state index contributed by atoms with van der Waals surface area (Å²) in [4.78, 5) is 25.6. The minimum absolute atomic E-state index is 0.0623. The fourth-order valence-corrected chi connectivity index (χ4v) is 2.32. The summed E-state index contributed by atoms with van der Waals surface area (Å²) in [6, 6.07) is 9.93. The first-order chi connectivity index (χ1) is 11.5. The predicted octanol–water partition coefficient (Wildman–Crippen LogP) is 2.83. The number of aryl methyl sites for hydroxylation is 1. The molecule has 24 heavy (non-hydrogen) atoms. The Kier molecular flexibility index (Phi) is 9.77. The summed E-state index contributed by atoms with van der Waals surface area (Å²) < 4.78 is 10.2. The minimum atomic E-state index is -0.297. The van der Waals surface area contributed by atoms with Gasteiger partial charge in [0.05, 0.1) is 19.6 Å². The predicted molar refractivity (Wildman–Crippen MR) is 93.7 cm³/mol. The SMILES string of the molecule is COC(=O)CCN(CCCOC(C)C)C(=O)CCc1ccccc1. The molecule has 1 aromatic rings. The maximum absolute atomic E-state index is 12.5. The van der Waals surface area contributed by atoms with Crippen molar-refractivity contribution in [2.24, 2.45) is 0 Å². The monoisotopic (exact) mass is 335 g/mol. The molecule has 1 rings (SSSR count). The lowest BCUT2D eigenvalue weighted by Crippen LogP contribution is -2.34. The molecule has 5 nitrogen and oxygen atoms in total. The van der Waals surface area contributed by atoms with Crippen molar-refractivity contribution in [3.05, 3.63) is 35.9 Å². The Morgan fingerprint density at radius 2 is 1.79 bits per heavy atom. The van der Waals surface area contributed by atoms with Crippen LogP contribution in [0.4, 0.5) is 0 Å². The van der Waals surface area contributed by atoms with Gasteiger partial charge in [-0.05, 0) is 32.3 Å². The standard InChI is InChI=1S/C19H29NO4/c1-16(2)24-15-7-13-20(14-12-19(22)23-3)18(21)11-10-17-8-5-4-6-9-17/h4-6,8-9,16H,7,10-15H2,1-3H3. The minimum Gasteiger partial charge on any atom is -0.469 e. The Morgan fingerprint density at radius 3 is 2.42 bits per heavy atom. The van der Waals surface area contributed by atoms with E-state index in [0.717, 1.165) is 12.0 Å². The van der Waals surface area contributed by atoms with E-state index in [1.54, 1.807) is 4.90 Å². The maximum Gasteiger partial charge on any atom is 0.307 e. The lowest BCUT2D eigenvalue weighted by molar-refractivity contribution is -0.141. The highest BCUT2D eigenvalue weighted by molar-refractivity contribution is 5.77. The Bertz CT molecular complexity index is 487. The Morgan fingerprint density at radius 1 is 1.08 bits per heavy atom. The van der Waals surface area contributed by atoms with Crippen LogP contribution in [0.25, 0.3) is 0 Å². The second kappa shape index (κ2) is 11.6. The molecule has 0 bridgehead atoms. The third-order valence-corrected chi connectivity index (χ3v) is 3.66. The Labute approximate surface area is 144 Å². The van der Waals surface area contributed by atoms with E-state index in [0.29, 0.717) is 32.5 Å². The average molecular weight is 335 g/mol. The first-order valence-electron chi connectivity index (χ1n) is 8.53. The van der Waals surface area contributed by atoms with Crippen LogP contribution in [0.3, 0.4) is 0 Å². The number of nitrogens with zero attached hydrogens (tertiary/aromatic N) is 1. The smallest absolute Gasteiger partial charge is 0.307 e. The molecule has 1 aromatic carbocycles. The van der Waals surface area contributed by atoms with Crippen LogP contribution in [0.15, 0.2) is 30.3 Å². The molecule has 0 aliphatic heterocycles. The third-order valence-electron chi connectivity index (χ3n) is 3.66. The van der Waals surface area contributed by atoms with Crippen molar-refractivity contribution < 1.29 is 19.1 Å². The van der Waals surface area contributed by atoms with E-state index in [4.69, 9.17) is 4.74 Å². The van der Waals surface area contributed by atoms with E-state index in [9.17, 15) is 9.59 Å². The molecule has 0 unspecified atom stereocenters. The number of esters is 1. The first kappa shape index (κ1) is 20.2. The fraction of sp³-hybridized carbons (Fsp3) is 0.579. The van der Waals surface area contributed by atoms with Crippen molar-refractivity contribution in [1.82, 2.24) is 4.90 Å². The highest BCUT2D eigenvalue weighted by Crippen LogP contribution is 2.07. The summed E-state index contributed by atoms with van der Waals surface area (Å²) in [6.07, 6.45) is 2.31. The van der Waals surface area contributed by atoms with Gasteiger partial charge in [-0.25, -0.2) is 0 Å². The van der Waals surface area contributed by atoms with E-state index >= 15 is 0 Å². The van der Waals surface area contributed by atoms with E-state index in [-0.39, 0.29) is 24.4 Å². The summed E-state index contributed by atoms with van der Waals surface area (Å²) in [6.45, 7) is 5.57. The fourth-order valence-electron chi connectivity index (χ4n) is 2.32. The molecule has 0 radical (unpaired) electrons. The largest absolute Gasteiger partial charge is 0.469 e. The number of amides is 1. The third kappa shape index (κ3) is 8.67. The van der Waals surface area contributed by atoms with Gasteiger partial charge in [-0.1, -0.05) is 30.3 Å². The van der Waals surface area contributed by atoms with Crippen molar-refractivity contribution >= 4 is 11.9 Å². The average Bonchev–Trinajstić information content (AvgIpc) is 2.59. The van der Waals surface area contributed by atoms with Crippen LogP contribution < -0.4 is 0 Å². The highest BCUT2D eigenvalue weighted by atomic mass is 16.5. The van der Waals surface area contributed by atoms with Crippen LogP contribution in [-0.4, -0.2) is 49.7 Å². The molecular weight excluding hydrogens is 306 g/mol. The van der Waals surface area contributed by atoms with Crippen LogP contribution in [0.2, 0.25) is 0 Å². The first-order valence-corrected chi connectivity index (χ1v) is 8.53. The zero-order valence-corrected chi connectivity index (χ0v) is 15.0. The molecule has 134 valence electrons. The number of rotatable bonds is 11. The van der Waals surface area contributed by atoms with Gasteiger partial charge in [0.2, 0.25) is 5.91 Å². The second-order valence-electron chi connectivity index (χ2n) is 5.97. The molecule has 0 N–H and O–H groups in total. The van der Waals surface area contributed by atoms with Gasteiger partial charge in [-0.2, -0.15) is 0 Å². The van der Waals surface area contributed by atoms with Gasteiger partial charge in [-0.3, -0.25) is 9.59 Å². The summed E-state index contributed by atoms with van der Waals surface area (Å²) >= 11 is 0. The van der Waals surface area contributed by atoms with Gasteiger partial charge >= 0.3 is 5.97 Å². The summed E-state index contributed by atoms with van der Waals surface area (Å²) in [5, 5.41) is 0. The van der Waals surface area contributed by atoms with Gasteiger partial charge in [0.15, 0.2) is 0 Å². The number of hydrogen-bond acceptors (Lipinski definition) is 4. The summed E-state index contributed by atoms with van der Waals surface area (Å²) in [5.41, 5.74) is 1.14. The van der Waals surface area contributed by atoms with Gasteiger partial charge in [-0.15, -0.1) is 0 Å². The zero-order valence-electron chi connectivity index (χ0n) is 15.0. The molecule has 0 aromatic heterocycles.